The first-order valence-corrected chi connectivity index (χ1v) is 5.92. The topological polar surface area (TPSA) is 12.0 Å². The molecule has 0 aromatic heterocycles. The summed E-state index contributed by atoms with van der Waals surface area (Å²) in [5.74, 6) is 0.840. The third-order valence-electron chi connectivity index (χ3n) is 3.80. The Morgan fingerprint density at radius 1 is 1.15 bits per heavy atom. The van der Waals surface area contributed by atoms with Gasteiger partial charge in [0.05, 0.1) is 0 Å². The number of hydrogen-bond acceptors (Lipinski definition) is 1. The molecule has 1 saturated carbocycles. The van der Waals surface area contributed by atoms with Crippen molar-refractivity contribution in [1.29, 1.82) is 0 Å². The molecule has 0 radical (unpaired) electrons. The first kappa shape index (κ1) is 11.0. The van der Waals surface area contributed by atoms with Gasteiger partial charge in [-0.3, -0.25) is 0 Å². The second kappa shape index (κ2) is 4.99. The number of hydrogen-bond donors (Lipinski definition) is 1. The van der Waals surface area contributed by atoms with Crippen LogP contribution in [0.15, 0.2) is 0 Å². The van der Waals surface area contributed by atoms with Crippen LogP contribution in [0.1, 0.15) is 52.9 Å². The molecule has 78 valence electrons. The normalized spacial score (nSPS) is 22.2. The van der Waals surface area contributed by atoms with Gasteiger partial charge in [0.15, 0.2) is 0 Å². The van der Waals surface area contributed by atoms with Gasteiger partial charge in [0.2, 0.25) is 0 Å². The molecule has 1 heteroatoms. The summed E-state index contributed by atoms with van der Waals surface area (Å²) in [7, 11) is 0. The van der Waals surface area contributed by atoms with E-state index in [4.69, 9.17) is 0 Å². The highest BCUT2D eigenvalue weighted by molar-refractivity contribution is 4.87. The van der Waals surface area contributed by atoms with Crippen LogP contribution in [0.3, 0.4) is 0 Å². The van der Waals surface area contributed by atoms with Gasteiger partial charge in [0.25, 0.3) is 0 Å². The maximum atomic E-state index is 3.54. The van der Waals surface area contributed by atoms with Crippen molar-refractivity contribution in [3.8, 4) is 0 Å². The second-order valence-electron chi connectivity index (χ2n) is 4.86. The van der Waals surface area contributed by atoms with Crippen LogP contribution in [-0.4, -0.2) is 13.1 Å². The van der Waals surface area contributed by atoms with Gasteiger partial charge in [0.1, 0.15) is 0 Å². The summed E-state index contributed by atoms with van der Waals surface area (Å²) in [6.07, 6.45) is 7.24. The van der Waals surface area contributed by atoms with E-state index in [1.54, 1.807) is 0 Å². The fourth-order valence-corrected chi connectivity index (χ4v) is 2.59. The molecule has 0 atom stereocenters. The van der Waals surface area contributed by atoms with E-state index < -0.39 is 0 Å². The van der Waals surface area contributed by atoms with Gasteiger partial charge >= 0.3 is 0 Å². The third kappa shape index (κ3) is 2.70. The Hall–Kier alpha value is -0.0400. The Bertz CT molecular complexity index is 134. The van der Waals surface area contributed by atoms with Crippen molar-refractivity contribution >= 4 is 0 Å². The summed E-state index contributed by atoms with van der Waals surface area (Å²) in [5.41, 5.74) is 0.619. The third-order valence-corrected chi connectivity index (χ3v) is 3.80. The fraction of sp³-hybridized carbons (Fsp3) is 1.00. The smallest absolute Gasteiger partial charge is 0.00101 e. The van der Waals surface area contributed by atoms with Crippen LogP contribution < -0.4 is 5.32 Å². The van der Waals surface area contributed by atoms with Gasteiger partial charge in [0, 0.05) is 6.54 Å². The molecule has 13 heavy (non-hydrogen) atoms. The van der Waals surface area contributed by atoms with Crippen molar-refractivity contribution in [2.45, 2.75) is 52.9 Å². The van der Waals surface area contributed by atoms with Crippen molar-refractivity contribution in [1.82, 2.24) is 5.32 Å². The van der Waals surface area contributed by atoms with E-state index in [0.29, 0.717) is 5.41 Å². The largest absolute Gasteiger partial charge is 0.316 e. The minimum absolute atomic E-state index is 0.619. The highest BCUT2D eigenvalue weighted by Gasteiger charge is 2.34. The van der Waals surface area contributed by atoms with Gasteiger partial charge in [-0.25, -0.2) is 0 Å². The predicted molar refractivity (Wildman–Crippen MR) is 58.9 cm³/mol. The van der Waals surface area contributed by atoms with Crippen LogP contribution in [0.5, 0.6) is 0 Å². The maximum Gasteiger partial charge on any atom is 0.00101 e. The van der Waals surface area contributed by atoms with Crippen LogP contribution >= 0.6 is 0 Å². The van der Waals surface area contributed by atoms with E-state index >= 15 is 0 Å². The molecule has 1 aliphatic rings. The van der Waals surface area contributed by atoms with Crippen molar-refractivity contribution in [3.05, 3.63) is 0 Å². The predicted octanol–water partition coefficient (Wildman–Crippen LogP) is 3.20. The summed E-state index contributed by atoms with van der Waals surface area (Å²) < 4.78 is 0. The Balaban J connectivity index is 2.51. The van der Waals surface area contributed by atoms with Crippen LogP contribution in [0.2, 0.25) is 0 Å². The lowest BCUT2D eigenvalue weighted by Crippen LogP contribution is -2.40. The summed E-state index contributed by atoms with van der Waals surface area (Å²) in [4.78, 5) is 0. The lowest BCUT2D eigenvalue weighted by molar-refractivity contribution is 0.116. The molecule has 1 fully saturated rings. The fourth-order valence-electron chi connectivity index (χ4n) is 2.59. The zero-order chi connectivity index (χ0) is 9.73. The molecule has 0 heterocycles. The molecule has 0 spiro atoms. The summed E-state index contributed by atoms with van der Waals surface area (Å²) in [5, 5.41) is 3.54. The summed E-state index contributed by atoms with van der Waals surface area (Å²) >= 11 is 0. The molecule has 1 nitrogen and oxygen atoms in total. The molecule has 1 N–H and O–H groups in total. The molecular formula is C12H25N. The van der Waals surface area contributed by atoms with E-state index in [0.717, 1.165) is 12.5 Å². The average Bonchev–Trinajstić information content (AvgIpc) is 2.16. The van der Waals surface area contributed by atoms with Crippen molar-refractivity contribution in [3.63, 3.8) is 0 Å². The van der Waals surface area contributed by atoms with Gasteiger partial charge < -0.3 is 5.32 Å². The average molecular weight is 183 g/mol. The number of rotatable bonds is 4. The highest BCUT2D eigenvalue weighted by Crippen LogP contribution is 2.41. The van der Waals surface area contributed by atoms with Crippen LogP contribution in [0, 0.1) is 11.3 Å². The monoisotopic (exact) mass is 183 g/mol. The van der Waals surface area contributed by atoms with E-state index in [2.05, 4.69) is 26.1 Å². The number of nitrogens with one attached hydrogen (secondary N) is 1. The zero-order valence-corrected chi connectivity index (χ0v) is 9.53. The quantitative estimate of drug-likeness (QED) is 0.705. The van der Waals surface area contributed by atoms with Gasteiger partial charge in [-0.1, -0.05) is 40.0 Å². The molecule has 1 aliphatic carbocycles. The first-order chi connectivity index (χ1) is 6.21. The van der Waals surface area contributed by atoms with Gasteiger partial charge in [-0.2, -0.15) is 0 Å². The molecule has 0 aromatic carbocycles. The van der Waals surface area contributed by atoms with Crippen LogP contribution in [0.4, 0.5) is 0 Å². The Kier molecular flexibility index (Phi) is 4.24. The van der Waals surface area contributed by atoms with Crippen LogP contribution in [0.25, 0.3) is 0 Å². The van der Waals surface area contributed by atoms with E-state index in [9.17, 15) is 0 Å². The molecule has 0 unspecified atom stereocenters. The molecule has 0 amide bonds. The summed E-state index contributed by atoms with van der Waals surface area (Å²) in [6.45, 7) is 9.35. The van der Waals surface area contributed by atoms with E-state index in [1.165, 1.54) is 38.6 Å². The van der Waals surface area contributed by atoms with Gasteiger partial charge in [-0.15, -0.1) is 0 Å². The van der Waals surface area contributed by atoms with E-state index in [1.807, 2.05) is 0 Å². The molecule has 0 aromatic rings. The Morgan fingerprint density at radius 2 is 1.77 bits per heavy atom. The van der Waals surface area contributed by atoms with Gasteiger partial charge in [-0.05, 0) is 30.7 Å². The molecule has 0 aliphatic heterocycles. The van der Waals surface area contributed by atoms with Crippen molar-refractivity contribution in [2.24, 2.45) is 11.3 Å². The lowest BCUT2D eigenvalue weighted by Gasteiger charge is -2.41. The molecular weight excluding hydrogens is 158 g/mol. The zero-order valence-electron chi connectivity index (χ0n) is 9.53. The van der Waals surface area contributed by atoms with Crippen molar-refractivity contribution in [2.75, 3.05) is 13.1 Å². The summed E-state index contributed by atoms with van der Waals surface area (Å²) in [6, 6.07) is 0. The Labute approximate surface area is 83.3 Å². The SMILES string of the molecule is CCNCC1(C(C)C)CCCCC1. The minimum Gasteiger partial charge on any atom is -0.316 e. The van der Waals surface area contributed by atoms with E-state index in [-0.39, 0.29) is 0 Å². The molecule has 0 bridgehead atoms. The molecule has 0 saturated heterocycles. The Morgan fingerprint density at radius 3 is 2.23 bits per heavy atom. The maximum absolute atomic E-state index is 3.54. The lowest BCUT2D eigenvalue weighted by atomic mass is 9.67. The highest BCUT2D eigenvalue weighted by atomic mass is 14.9. The minimum atomic E-state index is 0.619. The molecule has 1 rings (SSSR count). The first-order valence-electron chi connectivity index (χ1n) is 5.92. The van der Waals surface area contributed by atoms with Crippen LogP contribution in [-0.2, 0) is 0 Å². The second-order valence-corrected chi connectivity index (χ2v) is 4.86. The van der Waals surface area contributed by atoms with Crippen molar-refractivity contribution < 1.29 is 0 Å². The standard InChI is InChI=1S/C12H25N/c1-4-13-10-12(11(2)3)8-6-5-7-9-12/h11,13H,4-10H2,1-3H3.